The van der Waals surface area contributed by atoms with Gasteiger partial charge in [0.05, 0.1) is 17.6 Å². The maximum atomic E-state index is 12.8. The average Bonchev–Trinajstić information content (AvgIpc) is 2.96. The molecule has 0 unspecified atom stereocenters. The predicted octanol–water partition coefficient (Wildman–Crippen LogP) is 2.38. The summed E-state index contributed by atoms with van der Waals surface area (Å²) in [5.74, 6) is 0.858. The van der Waals surface area contributed by atoms with Crippen molar-refractivity contribution in [1.82, 2.24) is 25.1 Å². The number of nitrogens with zero attached hydrogens (tertiary/aromatic N) is 4. The number of fused-ring (bicyclic) bond motifs is 1. The monoisotopic (exact) mass is 294 g/mol. The zero-order valence-electron chi connectivity index (χ0n) is 10.5. The fourth-order valence-electron chi connectivity index (χ4n) is 1.86. The Labute approximate surface area is 116 Å². The SMILES string of the molecule is FC(F)(F)c1ccc2ncnc(NCc3ncn[nH]3)c2c1. The van der Waals surface area contributed by atoms with Gasteiger partial charge < -0.3 is 5.32 Å². The number of nitrogens with one attached hydrogen (secondary N) is 2. The lowest BCUT2D eigenvalue weighted by molar-refractivity contribution is -0.137. The second-order valence-electron chi connectivity index (χ2n) is 4.24. The molecule has 21 heavy (non-hydrogen) atoms. The normalized spacial score (nSPS) is 11.8. The van der Waals surface area contributed by atoms with Gasteiger partial charge in [-0.3, -0.25) is 5.10 Å². The van der Waals surface area contributed by atoms with Crippen molar-refractivity contribution >= 4 is 16.7 Å². The van der Waals surface area contributed by atoms with E-state index in [1.54, 1.807) is 0 Å². The van der Waals surface area contributed by atoms with Gasteiger partial charge >= 0.3 is 6.18 Å². The molecular formula is C12H9F3N6. The van der Waals surface area contributed by atoms with Crippen molar-refractivity contribution in [3.05, 3.63) is 42.2 Å². The molecule has 2 heterocycles. The number of rotatable bonds is 3. The van der Waals surface area contributed by atoms with Crippen LogP contribution in [0, 0.1) is 0 Å². The quantitative estimate of drug-likeness (QED) is 0.775. The number of benzene rings is 1. The zero-order valence-corrected chi connectivity index (χ0v) is 10.5. The molecule has 0 fully saturated rings. The summed E-state index contributed by atoms with van der Waals surface area (Å²) < 4.78 is 38.3. The number of aromatic amines is 1. The van der Waals surface area contributed by atoms with E-state index in [0.717, 1.165) is 12.1 Å². The maximum absolute atomic E-state index is 12.8. The molecule has 2 aromatic heterocycles. The van der Waals surface area contributed by atoms with Gasteiger partial charge in [-0.1, -0.05) is 0 Å². The van der Waals surface area contributed by atoms with Crippen LogP contribution in [0.2, 0.25) is 0 Å². The lowest BCUT2D eigenvalue weighted by atomic mass is 10.1. The van der Waals surface area contributed by atoms with E-state index in [2.05, 4.69) is 30.5 Å². The number of hydrogen-bond acceptors (Lipinski definition) is 5. The van der Waals surface area contributed by atoms with Crippen molar-refractivity contribution in [2.45, 2.75) is 12.7 Å². The number of hydrogen-bond donors (Lipinski definition) is 2. The van der Waals surface area contributed by atoms with Crippen LogP contribution in [-0.4, -0.2) is 25.1 Å². The first-order valence-electron chi connectivity index (χ1n) is 5.94. The molecule has 0 aliphatic carbocycles. The minimum Gasteiger partial charge on any atom is -0.362 e. The Hall–Kier alpha value is -2.71. The molecule has 2 N–H and O–H groups in total. The molecule has 0 bridgehead atoms. The molecule has 0 atom stereocenters. The number of alkyl halides is 3. The largest absolute Gasteiger partial charge is 0.416 e. The predicted molar refractivity (Wildman–Crippen MR) is 68.2 cm³/mol. The molecule has 9 heteroatoms. The van der Waals surface area contributed by atoms with E-state index in [9.17, 15) is 13.2 Å². The maximum Gasteiger partial charge on any atom is 0.416 e. The first-order valence-corrected chi connectivity index (χ1v) is 5.94. The van der Waals surface area contributed by atoms with Crippen LogP contribution in [0.4, 0.5) is 19.0 Å². The van der Waals surface area contributed by atoms with Crippen molar-refractivity contribution in [3.63, 3.8) is 0 Å². The van der Waals surface area contributed by atoms with E-state index in [1.807, 2.05) is 0 Å². The second kappa shape index (κ2) is 5.00. The molecule has 0 amide bonds. The first-order chi connectivity index (χ1) is 10.0. The summed E-state index contributed by atoms with van der Waals surface area (Å²) in [6.45, 7) is 0.266. The summed E-state index contributed by atoms with van der Waals surface area (Å²) in [6, 6.07) is 3.34. The van der Waals surface area contributed by atoms with Gasteiger partial charge in [-0.2, -0.15) is 18.3 Å². The summed E-state index contributed by atoms with van der Waals surface area (Å²) in [5.41, 5.74) is -0.314. The Morgan fingerprint density at radius 2 is 1.95 bits per heavy atom. The number of aromatic nitrogens is 5. The van der Waals surface area contributed by atoms with Gasteiger partial charge in [-0.15, -0.1) is 0 Å². The smallest absolute Gasteiger partial charge is 0.362 e. The van der Waals surface area contributed by atoms with Crippen LogP contribution >= 0.6 is 0 Å². The van der Waals surface area contributed by atoms with Crippen LogP contribution in [-0.2, 0) is 12.7 Å². The fourth-order valence-corrected chi connectivity index (χ4v) is 1.86. The molecule has 0 saturated carbocycles. The third kappa shape index (κ3) is 2.76. The van der Waals surface area contributed by atoms with Gasteiger partial charge in [-0.05, 0) is 18.2 Å². The highest BCUT2D eigenvalue weighted by atomic mass is 19.4. The molecule has 0 saturated heterocycles. The molecule has 108 valence electrons. The zero-order chi connectivity index (χ0) is 14.9. The van der Waals surface area contributed by atoms with Crippen molar-refractivity contribution in [3.8, 4) is 0 Å². The van der Waals surface area contributed by atoms with Gasteiger partial charge in [0.2, 0.25) is 0 Å². The van der Waals surface area contributed by atoms with E-state index >= 15 is 0 Å². The molecule has 3 aromatic rings. The van der Waals surface area contributed by atoms with Crippen molar-refractivity contribution in [1.29, 1.82) is 0 Å². The van der Waals surface area contributed by atoms with Crippen LogP contribution in [0.1, 0.15) is 11.4 Å². The lowest BCUT2D eigenvalue weighted by Crippen LogP contribution is -2.07. The molecule has 3 rings (SSSR count). The highest BCUT2D eigenvalue weighted by Crippen LogP contribution is 2.32. The molecule has 0 aliphatic rings. The topological polar surface area (TPSA) is 79.4 Å². The van der Waals surface area contributed by atoms with Gasteiger partial charge in [0.1, 0.15) is 24.3 Å². The van der Waals surface area contributed by atoms with Gasteiger partial charge in [0.25, 0.3) is 0 Å². The standard InChI is InChI=1S/C12H9F3N6/c13-12(14,15)7-1-2-9-8(3-7)11(19-5-17-9)16-4-10-18-6-20-21-10/h1-3,5-6H,4H2,(H,16,17,19)(H,18,20,21). The molecule has 0 aliphatic heterocycles. The Morgan fingerprint density at radius 3 is 2.67 bits per heavy atom. The molecule has 1 aromatic carbocycles. The summed E-state index contributed by atoms with van der Waals surface area (Å²) in [4.78, 5) is 11.8. The average molecular weight is 294 g/mol. The van der Waals surface area contributed by atoms with Crippen LogP contribution in [0.3, 0.4) is 0 Å². The van der Waals surface area contributed by atoms with Crippen LogP contribution < -0.4 is 5.32 Å². The second-order valence-corrected chi connectivity index (χ2v) is 4.24. The Morgan fingerprint density at radius 1 is 1.10 bits per heavy atom. The number of anilines is 1. The van der Waals surface area contributed by atoms with E-state index in [4.69, 9.17) is 0 Å². The third-order valence-corrected chi connectivity index (χ3v) is 2.85. The van der Waals surface area contributed by atoms with Crippen molar-refractivity contribution in [2.75, 3.05) is 5.32 Å². The molecular weight excluding hydrogens is 285 g/mol. The highest BCUT2D eigenvalue weighted by Gasteiger charge is 2.30. The van der Waals surface area contributed by atoms with Gasteiger partial charge in [-0.25, -0.2) is 15.0 Å². The fraction of sp³-hybridized carbons (Fsp3) is 0.167. The van der Waals surface area contributed by atoms with Crippen molar-refractivity contribution in [2.24, 2.45) is 0 Å². The van der Waals surface area contributed by atoms with E-state index in [-0.39, 0.29) is 6.54 Å². The van der Waals surface area contributed by atoms with E-state index in [0.29, 0.717) is 22.5 Å². The Bertz CT molecular complexity index is 753. The molecule has 0 radical (unpaired) electrons. The summed E-state index contributed by atoms with van der Waals surface area (Å²) in [7, 11) is 0. The minimum atomic E-state index is -4.41. The Kier molecular flexibility index (Phi) is 3.16. The lowest BCUT2D eigenvalue weighted by Gasteiger charge is -2.10. The summed E-state index contributed by atoms with van der Waals surface area (Å²) in [5, 5.41) is 9.54. The van der Waals surface area contributed by atoms with E-state index < -0.39 is 11.7 Å². The van der Waals surface area contributed by atoms with Crippen LogP contribution in [0.15, 0.2) is 30.9 Å². The van der Waals surface area contributed by atoms with Gasteiger partial charge in [0.15, 0.2) is 0 Å². The number of H-pyrrole nitrogens is 1. The highest BCUT2D eigenvalue weighted by molar-refractivity contribution is 5.89. The molecule has 0 spiro atoms. The van der Waals surface area contributed by atoms with Crippen LogP contribution in [0.25, 0.3) is 10.9 Å². The van der Waals surface area contributed by atoms with Crippen LogP contribution in [0.5, 0.6) is 0 Å². The minimum absolute atomic E-state index is 0.266. The number of halogens is 3. The Balaban J connectivity index is 1.97. The van der Waals surface area contributed by atoms with Gasteiger partial charge in [0, 0.05) is 5.39 Å². The summed E-state index contributed by atoms with van der Waals surface area (Å²) >= 11 is 0. The van der Waals surface area contributed by atoms with Crippen molar-refractivity contribution < 1.29 is 13.2 Å². The molecule has 6 nitrogen and oxygen atoms in total. The first kappa shape index (κ1) is 13.3. The van der Waals surface area contributed by atoms with E-state index in [1.165, 1.54) is 18.7 Å². The summed E-state index contributed by atoms with van der Waals surface area (Å²) in [6.07, 6.45) is -1.78. The third-order valence-electron chi connectivity index (χ3n) is 2.85.